The predicted molar refractivity (Wildman–Crippen MR) is 86.4 cm³/mol. The fraction of sp³-hybridized carbons (Fsp3) is 0.438. The van der Waals surface area contributed by atoms with Gasteiger partial charge < -0.3 is 19.5 Å². The summed E-state index contributed by atoms with van der Waals surface area (Å²) in [5, 5.41) is 2.81. The minimum atomic E-state index is -0.191. The van der Waals surface area contributed by atoms with E-state index in [0.29, 0.717) is 29.5 Å². The van der Waals surface area contributed by atoms with E-state index in [2.05, 4.69) is 32.1 Å². The van der Waals surface area contributed by atoms with Gasteiger partial charge in [-0.1, -0.05) is 0 Å². The standard InChI is InChI=1S/C16H21N5O2/c1-12-14(15(22)17-10-13-4-3-9-23-13)11-18-16(19-12)21-7-5-20(2)6-8-21/h3-4,9,11H,5-8,10H2,1-2H3,(H,17,22). The molecule has 3 heterocycles. The van der Waals surface area contributed by atoms with Crippen LogP contribution in [0.4, 0.5) is 5.95 Å². The minimum Gasteiger partial charge on any atom is -0.467 e. The van der Waals surface area contributed by atoms with Gasteiger partial charge >= 0.3 is 0 Å². The van der Waals surface area contributed by atoms with Gasteiger partial charge in [0.25, 0.3) is 5.91 Å². The third-order valence-corrected chi connectivity index (χ3v) is 4.00. The first-order chi connectivity index (χ1) is 11.1. The number of anilines is 1. The number of piperazine rings is 1. The quantitative estimate of drug-likeness (QED) is 0.909. The van der Waals surface area contributed by atoms with Crippen LogP contribution in [0.5, 0.6) is 0 Å². The largest absolute Gasteiger partial charge is 0.467 e. The first kappa shape index (κ1) is 15.5. The zero-order valence-corrected chi connectivity index (χ0v) is 13.5. The number of carbonyl (C=O) groups is 1. The molecule has 7 heteroatoms. The van der Waals surface area contributed by atoms with E-state index < -0.39 is 0 Å². The van der Waals surface area contributed by atoms with Crippen LogP contribution in [0.2, 0.25) is 0 Å². The highest BCUT2D eigenvalue weighted by Gasteiger charge is 2.18. The number of likely N-dealkylation sites (N-methyl/N-ethyl adjacent to an activating group) is 1. The van der Waals surface area contributed by atoms with E-state index >= 15 is 0 Å². The first-order valence-electron chi connectivity index (χ1n) is 7.71. The smallest absolute Gasteiger partial charge is 0.255 e. The predicted octanol–water partition coefficient (Wildman–Crippen LogP) is 1.06. The van der Waals surface area contributed by atoms with Crippen molar-refractivity contribution in [2.75, 3.05) is 38.1 Å². The Morgan fingerprint density at radius 2 is 2.13 bits per heavy atom. The Morgan fingerprint density at radius 1 is 1.35 bits per heavy atom. The molecule has 2 aromatic heterocycles. The summed E-state index contributed by atoms with van der Waals surface area (Å²) < 4.78 is 5.20. The van der Waals surface area contributed by atoms with Crippen LogP contribution in [0.25, 0.3) is 0 Å². The molecule has 0 bridgehead atoms. The molecule has 0 spiro atoms. The number of aromatic nitrogens is 2. The van der Waals surface area contributed by atoms with Crippen molar-refractivity contribution >= 4 is 11.9 Å². The Hall–Kier alpha value is -2.41. The molecule has 2 aromatic rings. The van der Waals surface area contributed by atoms with Crippen molar-refractivity contribution < 1.29 is 9.21 Å². The normalized spacial score (nSPS) is 15.7. The zero-order chi connectivity index (χ0) is 16.2. The summed E-state index contributed by atoms with van der Waals surface area (Å²) >= 11 is 0. The summed E-state index contributed by atoms with van der Waals surface area (Å²) in [7, 11) is 2.11. The summed E-state index contributed by atoms with van der Waals surface area (Å²) in [5.41, 5.74) is 1.18. The van der Waals surface area contributed by atoms with Crippen molar-refractivity contribution in [1.29, 1.82) is 0 Å². The molecule has 1 aliphatic rings. The van der Waals surface area contributed by atoms with Gasteiger partial charge in [-0.05, 0) is 26.1 Å². The Kier molecular flexibility index (Phi) is 4.57. The van der Waals surface area contributed by atoms with Gasteiger partial charge in [0, 0.05) is 32.4 Å². The van der Waals surface area contributed by atoms with Crippen LogP contribution in [0, 0.1) is 6.92 Å². The molecule has 0 atom stereocenters. The number of amides is 1. The van der Waals surface area contributed by atoms with Gasteiger partial charge in [-0.3, -0.25) is 4.79 Å². The maximum absolute atomic E-state index is 12.2. The van der Waals surface area contributed by atoms with Crippen molar-refractivity contribution in [3.05, 3.63) is 41.6 Å². The lowest BCUT2D eigenvalue weighted by Gasteiger charge is -2.32. The Labute approximate surface area is 135 Å². The molecule has 1 fully saturated rings. The highest BCUT2D eigenvalue weighted by Crippen LogP contribution is 2.13. The lowest BCUT2D eigenvalue weighted by Crippen LogP contribution is -2.45. The molecule has 3 rings (SSSR count). The fourth-order valence-electron chi connectivity index (χ4n) is 2.51. The van der Waals surface area contributed by atoms with Gasteiger partial charge in [0.1, 0.15) is 5.76 Å². The summed E-state index contributed by atoms with van der Waals surface area (Å²) in [6, 6.07) is 3.61. The van der Waals surface area contributed by atoms with Gasteiger partial charge in [-0.25, -0.2) is 9.97 Å². The highest BCUT2D eigenvalue weighted by atomic mass is 16.3. The summed E-state index contributed by atoms with van der Waals surface area (Å²) in [6.07, 6.45) is 3.19. The second-order valence-electron chi connectivity index (χ2n) is 5.72. The molecule has 0 aliphatic carbocycles. The van der Waals surface area contributed by atoms with E-state index in [0.717, 1.165) is 26.2 Å². The van der Waals surface area contributed by atoms with Crippen LogP contribution >= 0.6 is 0 Å². The maximum atomic E-state index is 12.2. The summed E-state index contributed by atoms with van der Waals surface area (Å²) in [4.78, 5) is 25.5. The fourth-order valence-corrected chi connectivity index (χ4v) is 2.51. The molecule has 0 unspecified atom stereocenters. The lowest BCUT2D eigenvalue weighted by atomic mass is 10.2. The lowest BCUT2D eigenvalue weighted by molar-refractivity contribution is 0.0946. The number of aryl methyl sites for hydroxylation is 1. The van der Waals surface area contributed by atoms with Crippen molar-refractivity contribution in [1.82, 2.24) is 20.2 Å². The first-order valence-corrected chi connectivity index (χ1v) is 7.71. The van der Waals surface area contributed by atoms with Gasteiger partial charge in [-0.15, -0.1) is 0 Å². The zero-order valence-electron chi connectivity index (χ0n) is 13.5. The van der Waals surface area contributed by atoms with Crippen LogP contribution in [-0.4, -0.2) is 54.0 Å². The van der Waals surface area contributed by atoms with Gasteiger partial charge in [0.05, 0.1) is 24.1 Å². The summed E-state index contributed by atoms with van der Waals surface area (Å²) in [6.45, 7) is 5.98. The minimum absolute atomic E-state index is 0.191. The van der Waals surface area contributed by atoms with Crippen LogP contribution in [-0.2, 0) is 6.54 Å². The number of hydrogen-bond acceptors (Lipinski definition) is 6. The third kappa shape index (κ3) is 3.68. The molecule has 0 saturated carbocycles. The number of nitrogens with one attached hydrogen (secondary N) is 1. The van der Waals surface area contributed by atoms with Crippen LogP contribution < -0.4 is 10.2 Å². The van der Waals surface area contributed by atoms with E-state index in [1.54, 1.807) is 18.5 Å². The second-order valence-corrected chi connectivity index (χ2v) is 5.72. The molecular formula is C16H21N5O2. The molecule has 0 radical (unpaired) electrons. The van der Waals surface area contributed by atoms with Gasteiger partial charge in [-0.2, -0.15) is 0 Å². The van der Waals surface area contributed by atoms with E-state index in [1.165, 1.54) is 0 Å². The number of rotatable bonds is 4. The van der Waals surface area contributed by atoms with Crippen molar-refractivity contribution in [2.24, 2.45) is 0 Å². The Morgan fingerprint density at radius 3 is 2.78 bits per heavy atom. The molecular weight excluding hydrogens is 294 g/mol. The van der Waals surface area contributed by atoms with Crippen molar-refractivity contribution in [3.63, 3.8) is 0 Å². The van der Waals surface area contributed by atoms with Crippen LogP contribution in [0.3, 0.4) is 0 Å². The SMILES string of the molecule is Cc1nc(N2CCN(C)CC2)ncc1C(=O)NCc1ccco1. The van der Waals surface area contributed by atoms with Gasteiger partial charge in [0.2, 0.25) is 5.95 Å². The van der Waals surface area contributed by atoms with E-state index in [9.17, 15) is 4.79 Å². The monoisotopic (exact) mass is 315 g/mol. The number of carbonyl (C=O) groups excluding carboxylic acids is 1. The molecule has 7 nitrogen and oxygen atoms in total. The number of nitrogens with zero attached hydrogens (tertiary/aromatic N) is 4. The topological polar surface area (TPSA) is 74.5 Å². The van der Waals surface area contributed by atoms with Crippen molar-refractivity contribution in [3.8, 4) is 0 Å². The molecule has 1 N–H and O–H groups in total. The molecule has 23 heavy (non-hydrogen) atoms. The average molecular weight is 315 g/mol. The Bertz CT molecular complexity index is 663. The maximum Gasteiger partial charge on any atom is 0.255 e. The highest BCUT2D eigenvalue weighted by molar-refractivity contribution is 5.94. The van der Waals surface area contributed by atoms with E-state index in [-0.39, 0.29) is 5.91 Å². The molecule has 0 aromatic carbocycles. The Balaban J connectivity index is 1.65. The third-order valence-electron chi connectivity index (χ3n) is 4.00. The summed E-state index contributed by atoms with van der Waals surface area (Å²) in [5.74, 6) is 1.22. The molecule has 1 aliphatic heterocycles. The van der Waals surface area contributed by atoms with Crippen LogP contribution in [0.1, 0.15) is 21.8 Å². The molecule has 122 valence electrons. The second kappa shape index (κ2) is 6.78. The van der Waals surface area contributed by atoms with E-state index in [1.807, 2.05) is 13.0 Å². The number of hydrogen-bond donors (Lipinski definition) is 1. The van der Waals surface area contributed by atoms with Crippen molar-refractivity contribution in [2.45, 2.75) is 13.5 Å². The van der Waals surface area contributed by atoms with Gasteiger partial charge in [0.15, 0.2) is 0 Å². The average Bonchev–Trinajstić information content (AvgIpc) is 3.06. The van der Waals surface area contributed by atoms with Crippen LogP contribution in [0.15, 0.2) is 29.0 Å². The molecule has 1 saturated heterocycles. The molecule has 1 amide bonds. The number of furan rings is 1. The van der Waals surface area contributed by atoms with E-state index in [4.69, 9.17) is 4.42 Å².